The summed E-state index contributed by atoms with van der Waals surface area (Å²) in [7, 11) is -3.94. The maximum atomic E-state index is 12.7. The minimum atomic E-state index is -3.94. The van der Waals surface area contributed by atoms with Gasteiger partial charge in [0, 0.05) is 11.6 Å². The minimum absolute atomic E-state index is 0.0880. The lowest BCUT2D eigenvalue weighted by atomic mass is 10.1. The number of carbonyl (C=O) groups excluding carboxylic acids is 3. The molecule has 29 heavy (non-hydrogen) atoms. The summed E-state index contributed by atoms with van der Waals surface area (Å²) in [5, 5.41) is 3.11. The van der Waals surface area contributed by atoms with Crippen molar-refractivity contribution in [2.45, 2.75) is 37.6 Å². The van der Waals surface area contributed by atoms with E-state index >= 15 is 0 Å². The molecule has 1 fully saturated rings. The third-order valence-corrected chi connectivity index (χ3v) is 7.71. The number of thiophene rings is 1. The molecule has 8 nitrogen and oxygen atoms in total. The number of ether oxygens (including phenoxy) is 1. The second kappa shape index (κ2) is 6.96. The largest absolute Gasteiger partial charge is 0.462 e. The van der Waals surface area contributed by atoms with Crippen LogP contribution < -0.4 is 5.32 Å². The summed E-state index contributed by atoms with van der Waals surface area (Å²) in [6.45, 7) is 3.69. The molecule has 2 aromatic rings. The molecule has 1 aromatic heterocycles. The van der Waals surface area contributed by atoms with Gasteiger partial charge in [0.05, 0.1) is 17.2 Å². The van der Waals surface area contributed by atoms with Crippen molar-refractivity contribution in [2.75, 3.05) is 11.9 Å². The van der Waals surface area contributed by atoms with Crippen molar-refractivity contribution in [1.82, 2.24) is 4.31 Å². The molecule has 0 radical (unpaired) electrons. The summed E-state index contributed by atoms with van der Waals surface area (Å²) >= 11 is 1.08. The van der Waals surface area contributed by atoms with Gasteiger partial charge >= 0.3 is 5.97 Å². The quantitative estimate of drug-likeness (QED) is 0.725. The van der Waals surface area contributed by atoms with Crippen molar-refractivity contribution in [2.24, 2.45) is 0 Å². The molecule has 0 spiro atoms. The number of amides is 2. The van der Waals surface area contributed by atoms with E-state index in [0.717, 1.165) is 15.6 Å². The van der Waals surface area contributed by atoms with Gasteiger partial charge < -0.3 is 10.1 Å². The lowest BCUT2D eigenvalue weighted by molar-refractivity contribution is 0.0531. The average molecular weight is 434 g/mol. The molecule has 1 aliphatic carbocycles. The molecule has 2 amide bonds. The van der Waals surface area contributed by atoms with E-state index in [9.17, 15) is 22.8 Å². The van der Waals surface area contributed by atoms with Crippen LogP contribution in [-0.4, -0.2) is 43.2 Å². The first-order valence-electron chi connectivity index (χ1n) is 9.05. The van der Waals surface area contributed by atoms with Gasteiger partial charge in [-0.3, -0.25) is 9.59 Å². The van der Waals surface area contributed by atoms with Crippen LogP contribution in [-0.2, 0) is 14.8 Å². The topological polar surface area (TPSA) is 110 Å². The predicted molar refractivity (Wildman–Crippen MR) is 106 cm³/mol. The number of fused-ring (bicyclic) bond motifs is 1. The Morgan fingerprint density at radius 2 is 2.00 bits per heavy atom. The molecule has 2 heterocycles. The SMILES string of the molecule is CCOC(=O)c1sc(NC(=O)c2ccc3c(c2)S(=O)(=O)N(C2CC2)C3=O)cc1C. The molecule has 1 saturated carbocycles. The summed E-state index contributed by atoms with van der Waals surface area (Å²) in [6, 6.07) is 5.39. The molecular formula is C19H18N2O6S2. The van der Waals surface area contributed by atoms with Crippen molar-refractivity contribution in [1.29, 1.82) is 0 Å². The summed E-state index contributed by atoms with van der Waals surface area (Å²) in [5.74, 6) is -1.53. The van der Waals surface area contributed by atoms with Crippen LogP contribution in [0.3, 0.4) is 0 Å². The zero-order chi connectivity index (χ0) is 20.9. The van der Waals surface area contributed by atoms with Crippen molar-refractivity contribution in [3.05, 3.63) is 45.8 Å². The van der Waals surface area contributed by atoms with Gasteiger partial charge in [-0.15, -0.1) is 11.3 Å². The van der Waals surface area contributed by atoms with E-state index in [2.05, 4.69) is 5.32 Å². The van der Waals surface area contributed by atoms with E-state index in [-0.39, 0.29) is 28.7 Å². The summed E-state index contributed by atoms with van der Waals surface area (Å²) in [4.78, 5) is 37.2. The Morgan fingerprint density at radius 1 is 1.28 bits per heavy atom. The molecule has 0 atom stereocenters. The Kier molecular flexibility index (Phi) is 4.70. The molecule has 0 bridgehead atoms. The Balaban J connectivity index is 1.59. The smallest absolute Gasteiger partial charge is 0.348 e. The number of carbonyl (C=O) groups is 3. The molecule has 2 aliphatic rings. The van der Waals surface area contributed by atoms with Crippen molar-refractivity contribution >= 4 is 44.1 Å². The first-order chi connectivity index (χ1) is 13.7. The van der Waals surface area contributed by atoms with Gasteiger partial charge in [-0.2, -0.15) is 0 Å². The first-order valence-corrected chi connectivity index (χ1v) is 11.3. The molecule has 1 aromatic carbocycles. The third-order valence-electron chi connectivity index (χ3n) is 4.71. The molecule has 1 aliphatic heterocycles. The molecule has 152 valence electrons. The minimum Gasteiger partial charge on any atom is -0.462 e. The van der Waals surface area contributed by atoms with Gasteiger partial charge in [0.2, 0.25) is 0 Å². The third kappa shape index (κ3) is 3.32. The highest BCUT2D eigenvalue weighted by Crippen LogP contribution is 2.39. The fourth-order valence-electron chi connectivity index (χ4n) is 3.19. The number of hydrogen-bond donors (Lipinski definition) is 1. The van der Waals surface area contributed by atoms with Crippen LogP contribution in [0.2, 0.25) is 0 Å². The number of nitrogens with zero attached hydrogens (tertiary/aromatic N) is 1. The van der Waals surface area contributed by atoms with Gasteiger partial charge in [-0.05, 0) is 56.5 Å². The summed E-state index contributed by atoms with van der Waals surface area (Å²) in [5.41, 5.74) is 0.873. The van der Waals surface area contributed by atoms with Crippen LogP contribution in [0.15, 0.2) is 29.2 Å². The Morgan fingerprint density at radius 3 is 2.66 bits per heavy atom. The average Bonchev–Trinajstić information content (AvgIpc) is 3.38. The highest BCUT2D eigenvalue weighted by Gasteiger charge is 2.48. The van der Waals surface area contributed by atoms with Gasteiger partial charge in [0.15, 0.2) is 0 Å². The molecule has 4 rings (SSSR count). The molecule has 1 N–H and O–H groups in total. The van der Waals surface area contributed by atoms with E-state index in [4.69, 9.17) is 4.74 Å². The lowest BCUT2D eigenvalue weighted by Gasteiger charge is -2.13. The Bertz CT molecular complexity index is 1150. The van der Waals surface area contributed by atoms with Gasteiger partial charge in [-0.25, -0.2) is 17.5 Å². The van der Waals surface area contributed by atoms with Crippen LogP contribution in [0.5, 0.6) is 0 Å². The zero-order valence-electron chi connectivity index (χ0n) is 15.7. The molecule has 0 saturated heterocycles. The van der Waals surface area contributed by atoms with Crippen LogP contribution in [0.1, 0.15) is 55.7 Å². The van der Waals surface area contributed by atoms with Gasteiger partial charge in [0.1, 0.15) is 9.77 Å². The zero-order valence-corrected chi connectivity index (χ0v) is 17.4. The second-order valence-electron chi connectivity index (χ2n) is 6.85. The number of esters is 1. The number of anilines is 1. The predicted octanol–water partition coefficient (Wildman–Crippen LogP) is 2.79. The molecule has 0 unspecified atom stereocenters. The highest BCUT2D eigenvalue weighted by molar-refractivity contribution is 7.90. The van der Waals surface area contributed by atoms with E-state index in [0.29, 0.717) is 28.3 Å². The van der Waals surface area contributed by atoms with Gasteiger partial charge in [0.25, 0.3) is 21.8 Å². The summed E-state index contributed by atoms with van der Waals surface area (Å²) < 4.78 is 31.3. The van der Waals surface area contributed by atoms with E-state index in [1.165, 1.54) is 18.2 Å². The number of nitrogens with one attached hydrogen (secondary N) is 1. The number of hydrogen-bond acceptors (Lipinski definition) is 7. The normalized spacial score (nSPS) is 17.2. The van der Waals surface area contributed by atoms with Crippen molar-refractivity contribution < 1.29 is 27.5 Å². The van der Waals surface area contributed by atoms with E-state index in [1.54, 1.807) is 19.9 Å². The summed E-state index contributed by atoms with van der Waals surface area (Å²) in [6.07, 6.45) is 1.32. The second-order valence-corrected chi connectivity index (χ2v) is 9.68. The molecular weight excluding hydrogens is 416 g/mol. The lowest BCUT2D eigenvalue weighted by Crippen LogP contribution is -2.31. The standard InChI is InChI=1S/C19H18N2O6S2/c1-3-27-19(24)16-10(2)8-15(28-16)20-17(22)11-4-7-13-14(9-11)29(25,26)21(18(13)23)12-5-6-12/h4,7-9,12H,3,5-6H2,1-2H3,(H,20,22). The van der Waals surface area contributed by atoms with Gasteiger partial charge in [-0.1, -0.05) is 0 Å². The maximum absolute atomic E-state index is 12.7. The first kappa shape index (κ1) is 19.6. The fourth-order valence-corrected chi connectivity index (χ4v) is 5.99. The van der Waals surface area contributed by atoms with Crippen molar-refractivity contribution in [3.8, 4) is 0 Å². The van der Waals surface area contributed by atoms with E-state index < -0.39 is 27.8 Å². The molecule has 10 heteroatoms. The van der Waals surface area contributed by atoms with Crippen LogP contribution >= 0.6 is 11.3 Å². The van der Waals surface area contributed by atoms with Crippen LogP contribution in [0, 0.1) is 6.92 Å². The fraction of sp³-hybridized carbons (Fsp3) is 0.316. The van der Waals surface area contributed by atoms with E-state index in [1.807, 2.05) is 0 Å². The van der Waals surface area contributed by atoms with Crippen LogP contribution in [0.25, 0.3) is 0 Å². The van der Waals surface area contributed by atoms with Crippen molar-refractivity contribution in [3.63, 3.8) is 0 Å². The number of rotatable bonds is 5. The Hall–Kier alpha value is -2.72. The van der Waals surface area contributed by atoms with Crippen LogP contribution in [0.4, 0.5) is 5.00 Å². The Labute approximate surface area is 171 Å². The monoisotopic (exact) mass is 434 g/mol. The number of sulfonamides is 1. The highest BCUT2D eigenvalue weighted by atomic mass is 32.2. The number of benzene rings is 1. The number of aryl methyl sites for hydroxylation is 1. The maximum Gasteiger partial charge on any atom is 0.348 e.